The average molecular weight is 233 g/mol. The fourth-order valence-corrected chi connectivity index (χ4v) is 2.21. The first-order chi connectivity index (χ1) is 6.83. The summed E-state index contributed by atoms with van der Waals surface area (Å²) in [6, 6.07) is -0.734. The molecule has 0 saturated heterocycles. The first-order valence-electron chi connectivity index (χ1n) is 4.52. The van der Waals surface area contributed by atoms with E-state index in [9.17, 15) is 4.79 Å². The summed E-state index contributed by atoms with van der Waals surface area (Å²) >= 11 is 1.30. The Hall–Kier alpha value is -0.560. The molecule has 0 fully saturated rings. The normalized spacial score (nSPS) is 21.5. The van der Waals surface area contributed by atoms with Gasteiger partial charge in [0.15, 0.2) is 6.29 Å². The van der Waals surface area contributed by atoms with Crippen LogP contribution in [-0.2, 0) is 9.53 Å². The quantitative estimate of drug-likeness (QED) is 0.451. The van der Waals surface area contributed by atoms with Crippen molar-refractivity contribution in [2.75, 3.05) is 5.75 Å². The van der Waals surface area contributed by atoms with E-state index in [1.54, 1.807) is 13.8 Å². The SMILES string of the molecule is CC1(C)OC(=O)C=C1SC[C@H](N)C(O)O. The number of aliphatic hydroxyl groups is 2. The molecule has 1 aliphatic rings. The van der Waals surface area contributed by atoms with Crippen molar-refractivity contribution in [1.29, 1.82) is 0 Å². The minimum Gasteiger partial charge on any atom is -0.451 e. The molecule has 0 aromatic carbocycles. The average Bonchev–Trinajstić information content (AvgIpc) is 2.34. The molecule has 1 atom stereocenters. The van der Waals surface area contributed by atoms with Gasteiger partial charge in [0.05, 0.1) is 6.04 Å². The molecule has 0 bridgehead atoms. The van der Waals surface area contributed by atoms with Crippen molar-refractivity contribution in [3.63, 3.8) is 0 Å². The van der Waals surface area contributed by atoms with Crippen LogP contribution in [0.3, 0.4) is 0 Å². The molecular weight excluding hydrogens is 218 g/mol. The fraction of sp³-hybridized carbons (Fsp3) is 0.667. The molecule has 4 N–H and O–H groups in total. The largest absolute Gasteiger partial charge is 0.451 e. The summed E-state index contributed by atoms with van der Waals surface area (Å²) < 4.78 is 5.04. The van der Waals surface area contributed by atoms with Crippen LogP contribution in [0, 0.1) is 0 Å². The smallest absolute Gasteiger partial charge is 0.332 e. The van der Waals surface area contributed by atoms with Gasteiger partial charge in [0.25, 0.3) is 0 Å². The van der Waals surface area contributed by atoms with Gasteiger partial charge in [-0.3, -0.25) is 0 Å². The second kappa shape index (κ2) is 4.52. The topological polar surface area (TPSA) is 92.8 Å². The van der Waals surface area contributed by atoms with Crippen LogP contribution in [0.2, 0.25) is 0 Å². The van der Waals surface area contributed by atoms with Crippen molar-refractivity contribution in [2.24, 2.45) is 5.73 Å². The molecule has 0 spiro atoms. The van der Waals surface area contributed by atoms with E-state index in [4.69, 9.17) is 20.7 Å². The number of hydrogen-bond donors (Lipinski definition) is 3. The maximum Gasteiger partial charge on any atom is 0.332 e. The zero-order valence-corrected chi connectivity index (χ0v) is 9.45. The molecule has 0 amide bonds. The number of rotatable bonds is 4. The lowest BCUT2D eigenvalue weighted by atomic mass is 10.1. The van der Waals surface area contributed by atoms with Gasteiger partial charge in [-0.05, 0) is 13.8 Å². The number of nitrogens with two attached hydrogens (primary N) is 1. The Morgan fingerprint density at radius 2 is 2.20 bits per heavy atom. The number of ether oxygens (including phenoxy) is 1. The van der Waals surface area contributed by atoms with Crippen molar-refractivity contribution in [3.8, 4) is 0 Å². The first kappa shape index (κ1) is 12.5. The van der Waals surface area contributed by atoms with Crippen LogP contribution in [0.1, 0.15) is 13.8 Å². The molecule has 0 aromatic heterocycles. The second-order valence-electron chi connectivity index (χ2n) is 3.83. The Morgan fingerprint density at radius 1 is 1.60 bits per heavy atom. The standard InChI is InChI=1S/C9H15NO4S/c1-9(2)6(3-7(11)14-9)15-4-5(10)8(12)13/h3,5,8,12-13H,4,10H2,1-2H3/t5-/m0/s1. The van der Waals surface area contributed by atoms with E-state index in [0.717, 1.165) is 4.91 Å². The number of cyclic esters (lactones) is 1. The number of hydrogen-bond acceptors (Lipinski definition) is 6. The van der Waals surface area contributed by atoms with E-state index in [1.807, 2.05) is 0 Å². The Labute approximate surface area is 92.3 Å². The maximum atomic E-state index is 11.0. The molecular formula is C9H15NO4S. The lowest BCUT2D eigenvalue weighted by Crippen LogP contribution is -2.37. The third kappa shape index (κ3) is 3.20. The van der Waals surface area contributed by atoms with Gasteiger partial charge in [-0.2, -0.15) is 0 Å². The lowest BCUT2D eigenvalue weighted by molar-refractivity contribution is -0.143. The minimum absolute atomic E-state index is 0.323. The van der Waals surface area contributed by atoms with E-state index >= 15 is 0 Å². The van der Waals surface area contributed by atoms with Gasteiger partial charge in [0.1, 0.15) is 5.60 Å². The predicted octanol–water partition coefficient (Wildman–Crippen LogP) is -0.423. The van der Waals surface area contributed by atoms with E-state index in [2.05, 4.69) is 0 Å². The van der Waals surface area contributed by atoms with Gasteiger partial charge in [0, 0.05) is 16.7 Å². The van der Waals surface area contributed by atoms with Gasteiger partial charge >= 0.3 is 5.97 Å². The van der Waals surface area contributed by atoms with Gasteiger partial charge in [-0.1, -0.05) is 0 Å². The third-order valence-electron chi connectivity index (χ3n) is 2.01. The van der Waals surface area contributed by atoms with E-state index in [1.165, 1.54) is 17.8 Å². The summed E-state index contributed by atoms with van der Waals surface area (Å²) in [6.07, 6.45) is -0.138. The molecule has 0 aromatic rings. The molecule has 0 aliphatic carbocycles. The van der Waals surface area contributed by atoms with Crippen molar-refractivity contribution >= 4 is 17.7 Å². The molecule has 1 heterocycles. The molecule has 0 radical (unpaired) electrons. The van der Waals surface area contributed by atoms with Crippen LogP contribution in [0.4, 0.5) is 0 Å². The zero-order valence-electron chi connectivity index (χ0n) is 8.64. The molecule has 6 heteroatoms. The van der Waals surface area contributed by atoms with Gasteiger partial charge in [-0.15, -0.1) is 11.8 Å². The van der Waals surface area contributed by atoms with Crippen molar-refractivity contribution < 1.29 is 19.7 Å². The van der Waals surface area contributed by atoms with Crippen molar-refractivity contribution in [2.45, 2.75) is 31.8 Å². The molecule has 1 rings (SSSR count). The highest BCUT2D eigenvalue weighted by Gasteiger charge is 2.34. The van der Waals surface area contributed by atoms with Crippen LogP contribution in [-0.4, -0.2) is 39.9 Å². The van der Waals surface area contributed by atoms with Gasteiger partial charge in [0.2, 0.25) is 0 Å². The van der Waals surface area contributed by atoms with Gasteiger partial charge < -0.3 is 20.7 Å². The lowest BCUT2D eigenvalue weighted by Gasteiger charge is -2.22. The third-order valence-corrected chi connectivity index (χ3v) is 3.48. The van der Waals surface area contributed by atoms with Gasteiger partial charge in [-0.25, -0.2) is 4.79 Å². The molecule has 1 aliphatic heterocycles. The number of thioether (sulfide) groups is 1. The summed E-state index contributed by atoms with van der Waals surface area (Å²) in [5.41, 5.74) is 4.81. The highest BCUT2D eigenvalue weighted by molar-refractivity contribution is 8.03. The highest BCUT2D eigenvalue weighted by Crippen LogP contribution is 2.35. The highest BCUT2D eigenvalue weighted by atomic mass is 32.2. The van der Waals surface area contributed by atoms with Crippen LogP contribution in [0.25, 0.3) is 0 Å². The summed E-state index contributed by atoms with van der Waals surface area (Å²) in [7, 11) is 0. The maximum absolute atomic E-state index is 11.0. The Morgan fingerprint density at radius 3 is 2.60 bits per heavy atom. The molecule has 0 unspecified atom stereocenters. The van der Waals surface area contributed by atoms with E-state index < -0.39 is 17.9 Å². The number of aliphatic hydroxyl groups excluding tert-OH is 1. The minimum atomic E-state index is -1.54. The Balaban J connectivity index is 2.52. The number of esters is 1. The Kier molecular flexibility index (Phi) is 3.77. The predicted molar refractivity (Wildman–Crippen MR) is 56.9 cm³/mol. The van der Waals surface area contributed by atoms with Crippen molar-refractivity contribution in [3.05, 3.63) is 11.0 Å². The molecule has 0 saturated carbocycles. The Bertz CT molecular complexity index is 288. The first-order valence-corrected chi connectivity index (χ1v) is 5.51. The summed E-state index contributed by atoms with van der Waals surface area (Å²) in [5, 5.41) is 17.6. The van der Waals surface area contributed by atoms with Crippen molar-refractivity contribution in [1.82, 2.24) is 0 Å². The summed E-state index contributed by atoms with van der Waals surface area (Å²) in [5.74, 6) is -0.0514. The molecule has 86 valence electrons. The molecule has 15 heavy (non-hydrogen) atoms. The summed E-state index contributed by atoms with van der Waals surface area (Å²) in [6.45, 7) is 3.55. The van der Waals surface area contributed by atoms with Crippen LogP contribution < -0.4 is 5.73 Å². The summed E-state index contributed by atoms with van der Waals surface area (Å²) in [4.78, 5) is 11.8. The van der Waals surface area contributed by atoms with Crippen LogP contribution in [0.15, 0.2) is 11.0 Å². The van der Waals surface area contributed by atoms with E-state index in [0.29, 0.717) is 5.75 Å². The fourth-order valence-electron chi connectivity index (χ4n) is 1.10. The van der Waals surface area contributed by atoms with Crippen LogP contribution >= 0.6 is 11.8 Å². The second-order valence-corrected chi connectivity index (χ2v) is 4.89. The number of carbonyl (C=O) groups is 1. The molecule has 5 nitrogen and oxygen atoms in total. The van der Waals surface area contributed by atoms with Crippen LogP contribution in [0.5, 0.6) is 0 Å². The van der Waals surface area contributed by atoms with E-state index in [-0.39, 0.29) is 5.97 Å². The zero-order chi connectivity index (χ0) is 11.6. The number of carbonyl (C=O) groups excluding carboxylic acids is 1. The monoisotopic (exact) mass is 233 g/mol.